The van der Waals surface area contributed by atoms with Crippen LogP contribution in [0.4, 0.5) is 26.3 Å². The number of halogens is 6. The van der Waals surface area contributed by atoms with E-state index in [1.807, 2.05) is 36.4 Å². The first-order valence-electron chi connectivity index (χ1n) is 11.6. The zero-order valence-electron chi connectivity index (χ0n) is 21.1. The molecule has 0 N–H and O–H groups in total. The molecular formula is C29H21F6LiO3P. The van der Waals surface area contributed by atoms with Gasteiger partial charge in [-0.2, -0.15) is 26.3 Å². The Morgan fingerprint density at radius 3 is 1.65 bits per heavy atom. The number of carbonyl (C=O) groups excluding carboxylic acids is 1. The summed E-state index contributed by atoms with van der Waals surface area (Å²) in [6, 6.07) is 24.2. The molecule has 1 atom stereocenters. The molecule has 0 spiro atoms. The molecule has 4 aromatic carbocycles. The van der Waals surface area contributed by atoms with Gasteiger partial charge in [-0.15, -0.1) is 0 Å². The van der Waals surface area contributed by atoms with Gasteiger partial charge in [0.25, 0.3) is 0 Å². The van der Waals surface area contributed by atoms with Crippen LogP contribution in [-0.4, -0.2) is 24.4 Å². The summed E-state index contributed by atoms with van der Waals surface area (Å²) in [4.78, 5) is 13.1. The van der Waals surface area contributed by atoms with Gasteiger partial charge in [0.2, 0.25) is 0 Å². The molecule has 11 heteroatoms. The molecule has 4 rings (SSSR count). The molecule has 0 aliphatic rings. The van der Waals surface area contributed by atoms with E-state index in [0.717, 1.165) is 11.1 Å². The third-order valence-corrected chi connectivity index (χ3v) is 6.75. The van der Waals surface area contributed by atoms with E-state index in [1.165, 1.54) is 18.2 Å². The number of benzene rings is 4. The van der Waals surface area contributed by atoms with Gasteiger partial charge in [0, 0.05) is 35.8 Å². The number of alkyl halides is 6. The number of carbonyl (C=O) groups is 1. The average Bonchev–Trinajstić information content (AvgIpc) is 2.91. The van der Waals surface area contributed by atoms with Crippen molar-refractivity contribution in [3.05, 3.63) is 125 Å². The van der Waals surface area contributed by atoms with Crippen molar-refractivity contribution in [1.82, 2.24) is 0 Å². The Balaban J connectivity index is 0.00000441. The maximum Gasteiger partial charge on any atom is 0.417 e. The Labute approximate surface area is 240 Å². The SMILES string of the molecule is O=C(Pc1ccc(OCc2ccccc2)cc1OCc1ccccc1)c1c(C(F)(F)F)cccc1C(F)(F)F.[Li]. The number of rotatable bonds is 9. The fourth-order valence-corrected chi connectivity index (χ4v) is 4.82. The third kappa shape index (κ3) is 8.14. The zero-order chi connectivity index (χ0) is 28.0. The van der Waals surface area contributed by atoms with Crippen molar-refractivity contribution in [3.8, 4) is 11.5 Å². The van der Waals surface area contributed by atoms with Crippen molar-refractivity contribution in [2.24, 2.45) is 0 Å². The summed E-state index contributed by atoms with van der Waals surface area (Å²) in [6.45, 7) is 0.273. The molecular weight excluding hydrogens is 548 g/mol. The zero-order valence-corrected chi connectivity index (χ0v) is 22.1. The van der Waals surface area contributed by atoms with E-state index < -0.39 is 43.1 Å². The van der Waals surface area contributed by atoms with Crippen LogP contribution in [0.3, 0.4) is 0 Å². The fourth-order valence-electron chi connectivity index (χ4n) is 3.75. The summed E-state index contributed by atoms with van der Waals surface area (Å²) in [6.07, 6.45) is -10.3. The van der Waals surface area contributed by atoms with Crippen LogP contribution in [-0.2, 0) is 25.6 Å². The predicted molar refractivity (Wildman–Crippen MR) is 142 cm³/mol. The molecule has 3 nitrogen and oxygen atoms in total. The van der Waals surface area contributed by atoms with Gasteiger partial charge >= 0.3 is 12.4 Å². The summed E-state index contributed by atoms with van der Waals surface area (Å²) in [5, 5.41) is 0.146. The Morgan fingerprint density at radius 2 is 1.15 bits per heavy atom. The summed E-state index contributed by atoms with van der Waals surface area (Å²) < 4.78 is 93.4. The van der Waals surface area contributed by atoms with Crippen molar-refractivity contribution >= 4 is 38.3 Å². The minimum Gasteiger partial charge on any atom is -0.489 e. The van der Waals surface area contributed by atoms with Crippen molar-refractivity contribution < 1.29 is 40.6 Å². The van der Waals surface area contributed by atoms with Crippen molar-refractivity contribution in [2.45, 2.75) is 25.6 Å². The molecule has 1 radical (unpaired) electrons. The monoisotopic (exact) mass is 569 g/mol. The second kappa shape index (κ2) is 13.4. The van der Waals surface area contributed by atoms with Gasteiger partial charge in [-0.1, -0.05) is 66.7 Å². The number of ether oxygens (including phenoxy) is 2. The van der Waals surface area contributed by atoms with E-state index in [9.17, 15) is 31.1 Å². The smallest absolute Gasteiger partial charge is 0.417 e. The number of hydrogen-bond acceptors (Lipinski definition) is 3. The van der Waals surface area contributed by atoms with E-state index in [1.54, 1.807) is 24.3 Å². The molecule has 0 aromatic heterocycles. The predicted octanol–water partition coefficient (Wildman–Crippen LogP) is 7.65. The van der Waals surface area contributed by atoms with Gasteiger partial charge in [-0.25, -0.2) is 0 Å². The van der Waals surface area contributed by atoms with E-state index in [2.05, 4.69) is 0 Å². The van der Waals surface area contributed by atoms with E-state index in [0.29, 0.717) is 23.9 Å². The molecule has 1 unspecified atom stereocenters. The molecule has 0 saturated heterocycles. The molecule has 4 aromatic rings. The van der Waals surface area contributed by atoms with Gasteiger partial charge in [-0.05, 0) is 44.0 Å². The second-order valence-electron chi connectivity index (χ2n) is 8.38. The first kappa shape index (κ1) is 31.3. The Bertz CT molecular complexity index is 1400. The first-order chi connectivity index (χ1) is 18.5. The van der Waals surface area contributed by atoms with E-state index >= 15 is 0 Å². The molecule has 0 heterocycles. The van der Waals surface area contributed by atoms with E-state index in [4.69, 9.17) is 9.47 Å². The third-order valence-electron chi connectivity index (χ3n) is 5.59. The molecule has 0 saturated carbocycles. The van der Waals surface area contributed by atoms with Crippen LogP contribution >= 0.6 is 8.58 Å². The van der Waals surface area contributed by atoms with Crippen LogP contribution in [0, 0.1) is 0 Å². The van der Waals surface area contributed by atoms with E-state index in [-0.39, 0.29) is 43.1 Å². The normalized spacial score (nSPS) is 11.8. The molecule has 0 aliphatic heterocycles. The second-order valence-corrected chi connectivity index (χ2v) is 9.63. The Kier molecular flexibility index (Phi) is 10.5. The maximum absolute atomic E-state index is 13.6. The molecule has 203 valence electrons. The fraction of sp³-hybridized carbons (Fsp3) is 0.138. The quantitative estimate of drug-likeness (QED) is 0.118. The molecule has 0 amide bonds. The van der Waals surface area contributed by atoms with Crippen molar-refractivity contribution in [2.75, 3.05) is 0 Å². The summed E-state index contributed by atoms with van der Waals surface area (Å²) >= 11 is 0. The van der Waals surface area contributed by atoms with Crippen molar-refractivity contribution in [1.29, 1.82) is 0 Å². The molecule has 40 heavy (non-hydrogen) atoms. The molecule has 0 fully saturated rings. The molecule has 0 aliphatic carbocycles. The summed E-state index contributed by atoms with van der Waals surface area (Å²) in [5.41, 5.74) is -4.33. The minimum atomic E-state index is -5.15. The molecule has 0 bridgehead atoms. The largest absolute Gasteiger partial charge is 0.489 e. The Hall–Kier alpha value is -3.24. The van der Waals surface area contributed by atoms with Crippen LogP contribution in [0.25, 0.3) is 0 Å². The van der Waals surface area contributed by atoms with Crippen LogP contribution in [0.1, 0.15) is 32.6 Å². The van der Waals surface area contributed by atoms with Gasteiger partial charge in [0.05, 0.1) is 11.1 Å². The minimum absolute atomic E-state index is 0. The average molecular weight is 569 g/mol. The van der Waals surface area contributed by atoms with Gasteiger partial charge in [0.1, 0.15) is 24.7 Å². The topological polar surface area (TPSA) is 35.5 Å². The maximum atomic E-state index is 13.6. The van der Waals surface area contributed by atoms with Crippen LogP contribution < -0.4 is 14.8 Å². The van der Waals surface area contributed by atoms with Crippen LogP contribution in [0.15, 0.2) is 97.1 Å². The van der Waals surface area contributed by atoms with Crippen molar-refractivity contribution in [3.63, 3.8) is 0 Å². The number of hydrogen-bond donors (Lipinski definition) is 0. The van der Waals surface area contributed by atoms with Gasteiger partial charge in [0.15, 0.2) is 5.52 Å². The van der Waals surface area contributed by atoms with Gasteiger partial charge < -0.3 is 9.47 Å². The van der Waals surface area contributed by atoms with Crippen LogP contribution in [0.5, 0.6) is 11.5 Å². The summed E-state index contributed by atoms with van der Waals surface area (Å²) in [7, 11) is -1.08. The summed E-state index contributed by atoms with van der Waals surface area (Å²) in [5.74, 6) is 0.476. The first-order valence-corrected chi connectivity index (χ1v) is 12.6. The van der Waals surface area contributed by atoms with Crippen LogP contribution in [0.2, 0.25) is 0 Å². The standard InChI is InChI=1S/C29H21F6O3P.Li/c30-28(31,32)22-12-7-13-23(29(33,34)35)26(22)27(36)39-25-15-14-21(37-17-19-8-3-1-4-9-19)16-24(25)38-18-20-10-5-2-6-11-20;/h1-16,39H,17-18H2;. The Morgan fingerprint density at radius 1 is 0.650 bits per heavy atom. The van der Waals surface area contributed by atoms with Gasteiger partial charge in [-0.3, -0.25) is 4.79 Å².